The van der Waals surface area contributed by atoms with Gasteiger partial charge in [-0.3, -0.25) is 4.79 Å². The number of hydrogen-bond acceptors (Lipinski definition) is 4. The average molecular weight is 293 g/mol. The van der Waals surface area contributed by atoms with Crippen LogP contribution in [0.15, 0.2) is 60.7 Å². The number of amides is 1. The standard InChI is InChI=1S/C16H15N5O/c22-16(11-15-17-19-20-18-15)21(14-9-5-2-6-10-14)12-13-7-3-1-4-8-13/h1-10H,11-12H2,(H,17,18,19,20). The Morgan fingerprint density at radius 2 is 1.68 bits per heavy atom. The maximum atomic E-state index is 12.6. The Morgan fingerprint density at radius 3 is 2.32 bits per heavy atom. The largest absolute Gasteiger partial charge is 0.308 e. The first-order valence-corrected chi connectivity index (χ1v) is 6.94. The molecule has 1 heterocycles. The van der Waals surface area contributed by atoms with Gasteiger partial charge >= 0.3 is 0 Å². The molecule has 0 saturated heterocycles. The van der Waals surface area contributed by atoms with Crippen molar-refractivity contribution in [2.45, 2.75) is 13.0 Å². The number of aromatic amines is 1. The summed E-state index contributed by atoms with van der Waals surface area (Å²) < 4.78 is 0. The molecule has 3 aromatic rings. The van der Waals surface area contributed by atoms with Gasteiger partial charge in [0.15, 0.2) is 5.82 Å². The zero-order valence-electron chi connectivity index (χ0n) is 11.9. The number of nitrogens with zero attached hydrogens (tertiary/aromatic N) is 4. The van der Waals surface area contributed by atoms with Gasteiger partial charge in [-0.1, -0.05) is 53.7 Å². The number of anilines is 1. The van der Waals surface area contributed by atoms with Gasteiger partial charge in [0.2, 0.25) is 5.91 Å². The van der Waals surface area contributed by atoms with Crippen LogP contribution in [0.25, 0.3) is 0 Å². The lowest BCUT2D eigenvalue weighted by atomic mass is 10.2. The number of H-pyrrole nitrogens is 1. The van der Waals surface area contributed by atoms with Gasteiger partial charge in [0, 0.05) is 5.69 Å². The molecule has 0 bridgehead atoms. The fraction of sp³-hybridized carbons (Fsp3) is 0.125. The molecule has 0 aliphatic heterocycles. The Morgan fingerprint density at radius 1 is 1.00 bits per heavy atom. The molecule has 3 rings (SSSR count). The Hall–Kier alpha value is -3.02. The zero-order valence-corrected chi connectivity index (χ0v) is 11.9. The number of para-hydroxylation sites is 1. The van der Waals surface area contributed by atoms with Crippen LogP contribution in [0.5, 0.6) is 0 Å². The summed E-state index contributed by atoms with van der Waals surface area (Å²) in [6, 6.07) is 19.4. The van der Waals surface area contributed by atoms with E-state index in [1.54, 1.807) is 4.90 Å². The Labute approximate surface area is 127 Å². The average Bonchev–Trinajstić information content (AvgIpc) is 3.07. The van der Waals surface area contributed by atoms with Crippen molar-refractivity contribution in [1.29, 1.82) is 0 Å². The van der Waals surface area contributed by atoms with E-state index in [9.17, 15) is 4.79 Å². The van der Waals surface area contributed by atoms with Crippen LogP contribution < -0.4 is 4.90 Å². The topological polar surface area (TPSA) is 74.8 Å². The molecule has 0 spiro atoms. The molecule has 0 aliphatic carbocycles. The van der Waals surface area contributed by atoms with Gasteiger partial charge in [0.1, 0.15) is 0 Å². The molecule has 1 amide bonds. The number of rotatable bonds is 5. The Bertz CT molecular complexity index is 713. The van der Waals surface area contributed by atoms with Crippen LogP contribution in [0, 0.1) is 0 Å². The molecule has 2 aromatic carbocycles. The van der Waals surface area contributed by atoms with E-state index < -0.39 is 0 Å². The van der Waals surface area contributed by atoms with Crippen molar-refractivity contribution in [2.24, 2.45) is 0 Å². The molecule has 0 aliphatic rings. The molecule has 6 nitrogen and oxygen atoms in total. The predicted molar refractivity (Wildman–Crippen MR) is 82.0 cm³/mol. The van der Waals surface area contributed by atoms with Crippen molar-refractivity contribution in [2.75, 3.05) is 4.90 Å². The molecular weight excluding hydrogens is 278 g/mol. The number of aromatic nitrogens is 4. The van der Waals surface area contributed by atoms with Crippen molar-refractivity contribution in [1.82, 2.24) is 20.6 Å². The third-order valence-corrected chi connectivity index (χ3v) is 3.25. The molecule has 1 N–H and O–H groups in total. The summed E-state index contributed by atoms with van der Waals surface area (Å²) in [6.07, 6.45) is 0.109. The van der Waals surface area contributed by atoms with E-state index in [-0.39, 0.29) is 12.3 Å². The normalized spacial score (nSPS) is 10.4. The van der Waals surface area contributed by atoms with E-state index in [0.29, 0.717) is 12.4 Å². The highest BCUT2D eigenvalue weighted by Gasteiger charge is 2.18. The molecule has 0 saturated carbocycles. The van der Waals surface area contributed by atoms with Gasteiger partial charge in [0.05, 0.1) is 13.0 Å². The molecule has 6 heteroatoms. The van der Waals surface area contributed by atoms with Crippen molar-refractivity contribution in [3.05, 3.63) is 72.1 Å². The van der Waals surface area contributed by atoms with Crippen molar-refractivity contribution in [3.63, 3.8) is 0 Å². The van der Waals surface area contributed by atoms with Gasteiger partial charge in [0.25, 0.3) is 0 Å². The molecule has 0 radical (unpaired) electrons. The van der Waals surface area contributed by atoms with Crippen LogP contribution in [0.1, 0.15) is 11.4 Å². The van der Waals surface area contributed by atoms with Crippen LogP contribution in [0.3, 0.4) is 0 Å². The number of tetrazole rings is 1. The second kappa shape index (κ2) is 6.62. The molecule has 0 atom stereocenters. The molecule has 1 aromatic heterocycles. The number of nitrogens with one attached hydrogen (secondary N) is 1. The van der Waals surface area contributed by atoms with Crippen LogP contribution >= 0.6 is 0 Å². The molecule has 0 unspecified atom stereocenters. The highest BCUT2D eigenvalue weighted by Crippen LogP contribution is 2.18. The molecule has 0 fully saturated rings. The van der Waals surface area contributed by atoms with Gasteiger partial charge < -0.3 is 4.90 Å². The maximum absolute atomic E-state index is 12.6. The number of carbonyl (C=O) groups is 1. The van der Waals surface area contributed by atoms with Crippen molar-refractivity contribution < 1.29 is 4.79 Å². The second-order valence-corrected chi connectivity index (χ2v) is 4.81. The van der Waals surface area contributed by atoms with Gasteiger partial charge in [-0.05, 0) is 17.7 Å². The first kappa shape index (κ1) is 13.9. The van der Waals surface area contributed by atoms with Gasteiger partial charge in [-0.2, -0.15) is 5.21 Å². The predicted octanol–water partition coefficient (Wildman–Crippen LogP) is 1.98. The number of hydrogen-bond donors (Lipinski definition) is 1. The SMILES string of the molecule is O=C(Cc1nn[nH]n1)N(Cc1ccccc1)c1ccccc1. The number of carbonyl (C=O) groups excluding carboxylic acids is 1. The van der Waals surface area contributed by atoms with Gasteiger partial charge in [-0.15, -0.1) is 10.2 Å². The van der Waals surface area contributed by atoms with Crippen molar-refractivity contribution in [3.8, 4) is 0 Å². The second-order valence-electron chi connectivity index (χ2n) is 4.81. The fourth-order valence-electron chi connectivity index (χ4n) is 2.19. The van der Waals surface area contributed by atoms with E-state index in [1.807, 2.05) is 60.7 Å². The highest BCUT2D eigenvalue weighted by atomic mass is 16.2. The van der Waals surface area contributed by atoms with Crippen LogP contribution in [0.4, 0.5) is 5.69 Å². The minimum Gasteiger partial charge on any atom is -0.308 e. The lowest BCUT2D eigenvalue weighted by molar-refractivity contribution is -0.118. The summed E-state index contributed by atoms with van der Waals surface area (Å²) in [6.45, 7) is 0.502. The van der Waals surface area contributed by atoms with E-state index >= 15 is 0 Å². The molecule has 110 valence electrons. The lowest BCUT2D eigenvalue weighted by Crippen LogP contribution is -2.32. The smallest absolute Gasteiger partial charge is 0.235 e. The first-order valence-electron chi connectivity index (χ1n) is 6.94. The van der Waals surface area contributed by atoms with Gasteiger partial charge in [-0.25, -0.2) is 0 Å². The Kier molecular flexibility index (Phi) is 4.20. The first-order chi connectivity index (χ1) is 10.8. The quantitative estimate of drug-likeness (QED) is 0.780. The third kappa shape index (κ3) is 3.35. The van der Waals surface area contributed by atoms with E-state index in [4.69, 9.17) is 0 Å². The zero-order chi connectivity index (χ0) is 15.2. The summed E-state index contributed by atoms with van der Waals surface area (Å²) in [5, 5.41) is 13.5. The number of benzene rings is 2. The molecular formula is C16H15N5O. The van der Waals surface area contributed by atoms with Crippen LogP contribution in [0.2, 0.25) is 0 Å². The summed E-state index contributed by atoms with van der Waals surface area (Å²) in [7, 11) is 0. The Balaban J connectivity index is 1.84. The van der Waals surface area contributed by atoms with E-state index in [1.165, 1.54) is 0 Å². The van der Waals surface area contributed by atoms with Crippen LogP contribution in [-0.4, -0.2) is 26.5 Å². The summed E-state index contributed by atoms with van der Waals surface area (Å²) in [4.78, 5) is 14.3. The lowest BCUT2D eigenvalue weighted by Gasteiger charge is -2.22. The molecule has 22 heavy (non-hydrogen) atoms. The fourth-order valence-corrected chi connectivity index (χ4v) is 2.19. The third-order valence-electron chi connectivity index (χ3n) is 3.25. The van der Waals surface area contributed by atoms with Crippen molar-refractivity contribution >= 4 is 11.6 Å². The van der Waals surface area contributed by atoms with Crippen LogP contribution in [-0.2, 0) is 17.8 Å². The summed E-state index contributed by atoms with van der Waals surface area (Å²) in [5.41, 5.74) is 1.91. The summed E-state index contributed by atoms with van der Waals surface area (Å²) >= 11 is 0. The summed E-state index contributed by atoms with van der Waals surface area (Å²) in [5.74, 6) is 0.315. The van der Waals surface area contributed by atoms with E-state index in [0.717, 1.165) is 11.3 Å². The highest BCUT2D eigenvalue weighted by molar-refractivity contribution is 5.94. The minimum atomic E-state index is -0.0727. The minimum absolute atomic E-state index is 0.0727. The maximum Gasteiger partial charge on any atom is 0.235 e. The van der Waals surface area contributed by atoms with E-state index in [2.05, 4.69) is 20.6 Å². The monoisotopic (exact) mass is 293 g/mol.